The lowest BCUT2D eigenvalue weighted by molar-refractivity contribution is 0.876. The van der Waals surface area contributed by atoms with Crippen LogP contribution in [0.3, 0.4) is 0 Å². The van der Waals surface area contributed by atoms with Crippen molar-refractivity contribution < 1.29 is 0 Å². The van der Waals surface area contributed by atoms with Gasteiger partial charge in [0.2, 0.25) is 5.95 Å². The number of aromatic nitrogens is 3. The molecule has 0 saturated heterocycles. The molecule has 2 N–H and O–H groups in total. The second kappa shape index (κ2) is 7.68. The van der Waals surface area contributed by atoms with Crippen LogP contribution < -0.4 is 10.6 Å². The number of pyridine rings is 1. The maximum absolute atomic E-state index is 6.07. The first-order valence-electron chi connectivity index (χ1n) is 7.79. The number of hydrogen-bond donors (Lipinski definition) is 2. The molecule has 3 rings (SSSR count). The quantitative estimate of drug-likeness (QED) is 0.625. The zero-order valence-electron chi connectivity index (χ0n) is 13.8. The molecule has 0 atom stereocenters. The minimum absolute atomic E-state index is 0.206. The summed E-state index contributed by atoms with van der Waals surface area (Å²) in [5, 5.41) is 7.56. The Morgan fingerprint density at radius 3 is 2.40 bits per heavy atom. The average Bonchev–Trinajstić information content (AvgIpc) is 2.54. The SMILES string of the molecule is CC(C)Nc1nc(Nc2cc(Cl)cc(Cl)c2)cc(-c2cccnc2)n1. The average molecular weight is 374 g/mol. The van der Waals surface area contributed by atoms with Crippen molar-refractivity contribution in [1.82, 2.24) is 15.0 Å². The molecule has 25 heavy (non-hydrogen) atoms. The molecule has 0 saturated carbocycles. The van der Waals surface area contributed by atoms with Gasteiger partial charge in [0.25, 0.3) is 0 Å². The van der Waals surface area contributed by atoms with Crippen molar-refractivity contribution in [1.29, 1.82) is 0 Å². The first-order chi connectivity index (χ1) is 12.0. The molecule has 0 aliphatic heterocycles. The van der Waals surface area contributed by atoms with Crippen molar-refractivity contribution in [2.75, 3.05) is 10.6 Å². The molecule has 2 aromatic heterocycles. The van der Waals surface area contributed by atoms with Crippen molar-refractivity contribution >= 4 is 40.7 Å². The molecule has 0 bridgehead atoms. The van der Waals surface area contributed by atoms with E-state index in [9.17, 15) is 0 Å². The normalized spacial score (nSPS) is 10.8. The van der Waals surface area contributed by atoms with E-state index in [4.69, 9.17) is 23.2 Å². The van der Waals surface area contributed by atoms with E-state index in [0.717, 1.165) is 16.9 Å². The molecule has 0 unspecified atom stereocenters. The van der Waals surface area contributed by atoms with Crippen molar-refractivity contribution in [2.45, 2.75) is 19.9 Å². The second-order valence-electron chi connectivity index (χ2n) is 5.79. The number of anilines is 3. The number of halogens is 2. The number of nitrogens with zero attached hydrogens (tertiary/aromatic N) is 3. The molecular weight excluding hydrogens is 357 g/mol. The standard InChI is InChI=1S/C18H17Cl2N5/c1-11(2)22-18-24-16(12-4-3-5-21-10-12)9-17(25-18)23-15-7-13(19)6-14(20)8-15/h3-11H,1-2H3,(H2,22,23,24,25). The Hall–Kier alpha value is -2.37. The summed E-state index contributed by atoms with van der Waals surface area (Å²) in [7, 11) is 0. The van der Waals surface area contributed by atoms with Crippen LogP contribution in [0.1, 0.15) is 13.8 Å². The molecule has 0 fully saturated rings. The van der Waals surface area contributed by atoms with Crippen LogP contribution in [-0.2, 0) is 0 Å². The van der Waals surface area contributed by atoms with E-state index >= 15 is 0 Å². The third-order valence-corrected chi connectivity index (χ3v) is 3.67. The molecule has 0 spiro atoms. The molecule has 3 aromatic rings. The van der Waals surface area contributed by atoms with Gasteiger partial charge in [-0.25, -0.2) is 4.98 Å². The summed E-state index contributed by atoms with van der Waals surface area (Å²) < 4.78 is 0. The molecule has 0 radical (unpaired) electrons. The molecule has 1 aromatic carbocycles. The Morgan fingerprint density at radius 1 is 1.00 bits per heavy atom. The molecule has 7 heteroatoms. The van der Waals surface area contributed by atoms with Crippen LogP contribution >= 0.6 is 23.2 Å². The van der Waals surface area contributed by atoms with Gasteiger partial charge in [-0.05, 0) is 44.2 Å². The van der Waals surface area contributed by atoms with Gasteiger partial charge < -0.3 is 10.6 Å². The zero-order chi connectivity index (χ0) is 17.8. The van der Waals surface area contributed by atoms with Gasteiger partial charge in [-0.1, -0.05) is 23.2 Å². The van der Waals surface area contributed by atoms with E-state index in [2.05, 4.69) is 25.6 Å². The van der Waals surface area contributed by atoms with Crippen molar-refractivity contribution in [2.24, 2.45) is 0 Å². The lowest BCUT2D eigenvalue weighted by atomic mass is 10.2. The lowest BCUT2D eigenvalue weighted by Crippen LogP contribution is -2.13. The molecular formula is C18H17Cl2N5. The minimum atomic E-state index is 0.206. The first-order valence-corrected chi connectivity index (χ1v) is 8.54. The van der Waals surface area contributed by atoms with Gasteiger partial charge in [0.1, 0.15) is 5.82 Å². The summed E-state index contributed by atoms with van der Waals surface area (Å²) in [6.07, 6.45) is 3.49. The summed E-state index contributed by atoms with van der Waals surface area (Å²) in [6.45, 7) is 4.06. The van der Waals surface area contributed by atoms with Crippen molar-refractivity contribution in [3.8, 4) is 11.3 Å². The predicted octanol–water partition coefficient (Wildman–Crippen LogP) is 5.41. The first kappa shape index (κ1) is 17.5. The molecule has 128 valence electrons. The van der Waals surface area contributed by atoms with Crippen LogP contribution in [0.25, 0.3) is 11.3 Å². The van der Waals surface area contributed by atoms with Crippen LogP contribution in [-0.4, -0.2) is 21.0 Å². The largest absolute Gasteiger partial charge is 0.352 e. The molecule has 0 aliphatic carbocycles. The summed E-state index contributed by atoms with van der Waals surface area (Å²) in [5.41, 5.74) is 2.43. The summed E-state index contributed by atoms with van der Waals surface area (Å²) in [6, 6.07) is 11.1. The number of nitrogens with one attached hydrogen (secondary N) is 2. The molecule has 0 aliphatic rings. The Labute approximate surface area is 156 Å². The van der Waals surface area contributed by atoms with E-state index in [1.807, 2.05) is 32.0 Å². The van der Waals surface area contributed by atoms with Gasteiger partial charge in [0, 0.05) is 45.8 Å². The fraction of sp³-hybridized carbons (Fsp3) is 0.167. The highest BCUT2D eigenvalue weighted by atomic mass is 35.5. The summed E-state index contributed by atoms with van der Waals surface area (Å²) in [5.74, 6) is 1.17. The van der Waals surface area contributed by atoms with Crippen molar-refractivity contribution in [3.05, 3.63) is 58.8 Å². The Morgan fingerprint density at radius 2 is 1.76 bits per heavy atom. The van der Waals surface area contributed by atoms with Crippen LogP contribution in [0.4, 0.5) is 17.5 Å². The minimum Gasteiger partial charge on any atom is -0.352 e. The van der Waals surface area contributed by atoms with Crippen LogP contribution in [0.2, 0.25) is 10.0 Å². The third kappa shape index (κ3) is 4.81. The van der Waals surface area contributed by atoms with Gasteiger partial charge in [-0.15, -0.1) is 0 Å². The van der Waals surface area contributed by atoms with E-state index in [1.165, 1.54) is 0 Å². The summed E-state index contributed by atoms with van der Waals surface area (Å²) in [4.78, 5) is 13.2. The van der Waals surface area contributed by atoms with E-state index in [0.29, 0.717) is 21.8 Å². The topological polar surface area (TPSA) is 62.7 Å². The fourth-order valence-electron chi connectivity index (χ4n) is 2.27. The lowest BCUT2D eigenvalue weighted by Gasteiger charge is -2.13. The van der Waals surface area contributed by atoms with Crippen molar-refractivity contribution in [3.63, 3.8) is 0 Å². The van der Waals surface area contributed by atoms with Gasteiger partial charge in [0.05, 0.1) is 5.69 Å². The Balaban J connectivity index is 1.99. The number of hydrogen-bond acceptors (Lipinski definition) is 5. The van der Waals surface area contributed by atoms with E-state index < -0.39 is 0 Å². The highest BCUT2D eigenvalue weighted by Crippen LogP contribution is 2.27. The van der Waals surface area contributed by atoms with Gasteiger partial charge in [0.15, 0.2) is 0 Å². The zero-order valence-corrected chi connectivity index (χ0v) is 15.3. The van der Waals surface area contributed by atoms with Gasteiger partial charge >= 0.3 is 0 Å². The van der Waals surface area contributed by atoms with E-state index in [-0.39, 0.29) is 6.04 Å². The maximum Gasteiger partial charge on any atom is 0.225 e. The fourth-order valence-corrected chi connectivity index (χ4v) is 2.80. The maximum atomic E-state index is 6.07. The molecule has 5 nitrogen and oxygen atoms in total. The Kier molecular flexibility index (Phi) is 5.36. The van der Waals surface area contributed by atoms with Gasteiger partial charge in [-0.3, -0.25) is 4.98 Å². The molecule has 0 amide bonds. The van der Waals surface area contributed by atoms with Crippen LogP contribution in [0.15, 0.2) is 48.8 Å². The molecule has 2 heterocycles. The second-order valence-corrected chi connectivity index (χ2v) is 6.66. The highest BCUT2D eigenvalue weighted by molar-refractivity contribution is 6.35. The third-order valence-electron chi connectivity index (χ3n) is 3.24. The Bertz CT molecular complexity index is 848. The number of rotatable bonds is 5. The van der Waals surface area contributed by atoms with Crippen LogP contribution in [0.5, 0.6) is 0 Å². The van der Waals surface area contributed by atoms with Crippen LogP contribution in [0, 0.1) is 0 Å². The van der Waals surface area contributed by atoms with Gasteiger partial charge in [-0.2, -0.15) is 4.98 Å². The monoisotopic (exact) mass is 373 g/mol. The summed E-state index contributed by atoms with van der Waals surface area (Å²) >= 11 is 12.1. The predicted molar refractivity (Wildman–Crippen MR) is 104 cm³/mol. The van der Waals surface area contributed by atoms with E-state index in [1.54, 1.807) is 30.6 Å². The smallest absolute Gasteiger partial charge is 0.225 e. The number of benzene rings is 1. The highest BCUT2D eigenvalue weighted by Gasteiger charge is 2.09.